The number of esters is 1. The number of nitrogens with zero attached hydrogens (tertiary/aromatic N) is 4. The first kappa shape index (κ1) is 21.8. The van der Waals surface area contributed by atoms with Crippen LogP contribution in [-0.2, 0) is 11.2 Å². The summed E-state index contributed by atoms with van der Waals surface area (Å²) in [4.78, 5) is 34.1. The molecule has 0 saturated carbocycles. The third-order valence-corrected chi connectivity index (χ3v) is 6.66. The van der Waals surface area contributed by atoms with E-state index in [2.05, 4.69) is 32.6 Å². The zero-order valence-corrected chi connectivity index (χ0v) is 19.2. The molecule has 11 heteroatoms. The SMILES string of the molecule is CCc1c(C)nc2ncnn2c1Sc1ccc(NC(=O)Nc2ccsc2C(=O)OC)cc1. The molecule has 4 rings (SSSR count). The largest absolute Gasteiger partial charge is 0.465 e. The molecule has 9 nitrogen and oxygen atoms in total. The second-order valence-electron chi connectivity index (χ2n) is 6.67. The molecule has 4 aromatic rings. The van der Waals surface area contributed by atoms with Gasteiger partial charge in [-0.15, -0.1) is 11.3 Å². The molecule has 0 aliphatic heterocycles. The van der Waals surface area contributed by atoms with Crippen LogP contribution in [0.3, 0.4) is 0 Å². The van der Waals surface area contributed by atoms with Gasteiger partial charge >= 0.3 is 12.0 Å². The summed E-state index contributed by atoms with van der Waals surface area (Å²) < 4.78 is 6.47. The first-order chi connectivity index (χ1) is 15.5. The second kappa shape index (κ2) is 9.37. The Hall–Kier alpha value is -3.44. The summed E-state index contributed by atoms with van der Waals surface area (Å²) in [6.45, 7) is 4.06. The van der Waals surface area contributed by atoms with E-state index in [0.717, 1.165) is 27.6 Å². The molecule has 0 aliphatic rings. The van der Waals surface area contributed by atoms with Gasteiger partial charge in [-0.2, -0.15) is 14.6 Å². The second-order valence-corrected chi connectivity index (χ2v) is 8.65. The highest BCUT2D eigenvalue weighted by molar-refractivity contribution is 7.99. The van der Waals surface area contributed by atoms with Gasteiger partial charge in [-0.05, 0) is 49.1 Å². The van der Waals surface area contributed by atoms with Gasteiger partial charge in [-0.3, -0.25) is 0 Å². The highest BCUT2D eigenvalue weighted by atomic mass is 32.2. The minimum atomic E-state index is -0.490. The summed E-state index contributed by atoms with van der Waals surface area (Å²) in [6, 6.07) is 8.68. The molecular formula is C21H20N6O3S2. The lowest BCUT2D eigenvalue weighted by Gasteiger charge is -2.12. The Bertz CT molecular complexity index is 1280. The molecule has 0 fully saturated rings. The van der Waals surface area contributed by atoms with Crippen molar-refractivity contribution < 1.29 is 14.3 Å². The maximum absolute atomic E-state index is 12.4. The molecule has 0 unspecified atom stereocenters. The number of carbonyl (C=O) groups excluding carboxylic acids is 2. The quantitative estimate of drug-likeness (QED) is 0.313. The number of amides is 2. The lowest BCUT2D eigenvalue weighted by Crippen LogP contribution is -2.20. The zero-order chi connectivity index (χ0) is 22.7. The Morgan fingerprint density at radius 1 is 1.19 bits per heavy atom. The minimum absolute atomic E-state index is 0.341. The van der Waals surface area contributed by atoms with E-state index >= 15 is 0 Å². The fraction of sp³-hybridized carbons (Fsp3) is 0.190. The van der Waals surface area contributed by atoms with E-state index in [4.69, 9.17) is 4.74 Å². The predicted molar refractivity (Wildman–Crippen MR) is 124 cm³/mol. The number of anilines is 2. The van der Waals surface area contributed by atoms with Crippen molar-refractivity contribution in [2.75, 3.05) is 17.7 Å². The summed E-state index contributed by atoms with van der Waals surface area (Å²) in [7, 11) is 1.30. The molecule has 0 saturated heterocycles. The number of aromatic nitrogens is 4. The van der Waals surface area contributed by atoms with Gasteiger partial charge in [-0.1, -0.05) is 18.7 Å². The maximum Gasteiger partial charge on any atom is 0.350 e. The normalized spacial score (nSPS) is 10.8. The highest BCUT2D eigenvalue weighted by Gasteiger charge is 2.16. The molecule has 0 atom stereocenters. The van der Waals surface area contributed by atoms with Crippen LogP contribution in [0.1, 0.15) is 27.9 Å². The summed E-state index contributed by atoms with van der Waals surface area (Å²) in [5.41, 5.74) is 3.08. The third-order valence-electron chi connectivity index (χ3n) is 4.65. The Balaban J connectivity index is 1.47. The van der Waals surface area contributed by atoms with Gasteiger partial charge in [-0.25, -0.2) is 14.6 Å². The van der Waals surface area contributed by atoms with E-state index in [1.54, 1.807) is 27.7 Å². The van der Waals surface area contributed by atoms with Crippen molar-refractivity contribution in [1.29, 1.82) is 0 Å². The number of carbonyl (C=O) groups is 2. The fourth-order valence-corrected chi connectivity index (χ4v) is 5.02. The molecule has 3 heterocycles. The number of methoxy groups -OCH3 is 1. The number of hydrogen-bond donors (Lipinski definition) is 2. The van der Waals surface area contributed by atoms with Crippen LogP contribution < -0.4 is 10.6 Å². The van der Waals surface area contributed by atoms with Crippen molar-refractivity contribution in [3.8, 4) is 0 Å². The Labute approximate surface area is 192 Å². The fourth-order valence-electron chi connectivity index (χ4n) is 3.13. The Morgan fingerprint density at radius 2 is 1.97 bits per heavy atom. The lowest BCUT2D eigenvalue weighted by molar-refractivity contribution is 0.0607. The molecule has 2 N–H and O–H groups in total. The van der Waals surface area contributed by atoms with E-state index in [1.165, 1.54) is 24.8 Å². The number of hydrogen-bond acceptors (Lipinski definition) is 8. The molecule has 0 radical (unpaired) electrons. The molecule has 3 aromatic heterocycles. The van der Waals surface area contributed by atoms with Crippen LogP contribution in [0.5, 0.6) is 0 Å². The summed E-state index contributed by atoms with van der Waals surface area (Å²) in [5.74, 6) is 0.0767. The topological polar surface area (TPSA) is 111 Å². The standard InChI is InChI=1S/C21H20N6O3S2/c1-4-15-12(2)24-20-22-11-23-27(20)18(15)32-14-7-5-13(6-8-14)25-21(29)26-16-9-10-31-17(16)19(28)30-3/h5-11H,4H2,1-3H3,(H2,25,26,29). The van der Waals surface area contributed by atoms with Gasteiger partial charge < -0.3 is 15.4 Å². The summed E-state index contributed by atoms with van der Waals surface area (Å²) in [6.07, 6.45) is 2.32. The molecule has 0 bridgehead atoms. The summed E-state index contributed by atoms with van der Waals surface area (Å²) in [5, 5.41) is 12.4. The predicted octanol–water partition coefficient (Wildman–Crippen LogP) is 4.64. The monoisotopic (exact) mass is 468 g/mol. The van der Waals surface area contributed by atoms with E-state index in [0.29, 0.717) is 22.0 Å². The van der Waals surface area contributed by atoms with Crippen molar-refractivity contribution in [3.05, 3.63) is 58.2 Å². The number of urea groups is 1. The van der Waals surface area contributed by atoms with Crippen molar-refractivity contribution in [2.24, 2.45) is 0 Å². The number of nitrogens with one attached hydrogen (secondary N) is 2. The number of ether oxygens (including phenoxy) is 1. The van der Waals surface area contributed by atoms with Crippen LogP contribution in [0, 0.1) is 6.92 Å². The van der Waals surface area contributed by atoms with Gasteiger partial charge in [0.25, 0.3) is 5.78 Å². The first-order valence-corrected chi connectivity index (χ1v) is 11.4. The van der Waals surface area contributed by atoms with Crippen LogP contribution in [0.15, 0.2) is 52.0 Å². The van der Waals surface area contributed by atoms with Gasteiger partial charge in [0, 0.05) is 21.8 Å². The van der Waals surface area contributed by atoms with Crippen LogP contribution in [0.4, 0.5) is 16.2 Å². The zero-order valence-electron chi connectivity index (χ0n) is 17.6. The first-order valence-electron chi connectivity index (χ1n) is 9.71. The number of benzene rings is 1. The van der Waals surface area contributed by atoms with E-state index in [1.807, 2.05) is 31.2 Å². The smallest absolute Gasteiger partial charge is 0.350 e. The molecular weight excluding hydrogens is 448 g/mol. The van der Waals surface area contributed by atoms with Crippen LogP contribution in [0.2, 0.25) is 0 Å². The van der Waals surface area contributed by atoms with Crippen molar-refractivity contribution in [1.82, 2.24) is 19.6 Å². The number of fused-ring (bicyclic) bond motifs is 1. The average Bonchev–Trinajstić information content (AvgIpc) is 3.44. The van der Waals surface area contributed by atoms with E-state index in [9.17, 15) is 9.59 Å². The molecule has 164 valence electrons. The minimum Gasteiger partial charge on any atom is -0.465 e. The molecule has 32 heavy (non-hydrogen) atoms. The maximum atomic E-state index is 12.4. The molecule has 2 amide bonds. The average molecular weight is 469 g/mol. The number of rotatable bonds is 6. The van der Waals surface area contributed by atoms with Crippen molar-refractivity contribution in [2.45, 2.75) is 30.2 Å². The van der Waals surface area contributed by atoms with Gasteiger partial charge in [0.1, 0.15) is 16.2 Å². The highest BCUT2D eigenvalue weighted by Crippen LogP contribution is 2.32. The van der Waals surface area contributed by atoms with Gasteiger partial charge in [0.05, 0.1) is 12.8 Å². The lowest BCUT2D eigenvalue weighted by atomic mass is 10.2. The van der Waals surface area contributed by atoms with Crippen molar-refractivity contribution in [3.63, 3.8) is 0 Å². The number of thiophene rings is 1. The van der Waals surface area contributed by atoms with Crippen LogP contribution in [0.25, 0.3) is 5.78 Å². The molecule has 1 aromatic carbocycles. The molecule has 0 aliphatic carbocycles. The van der Waals surface area contributed by atoms with Gasteiger partial charge in [0.15, 0.2) is 0 Å². The van der Waals surface area contributed by atoms with E-state index in [-0.39, 0.29) is 0 Å². The molecule has 0 spiro atoms. The van der Waals surface area contributed by atoms with Crippen molar-refractivity contribution >= 4 is 52.3 Å². The van der Waals surface area contributed by atoms with E-state index < -0.39 is 12.0 Å². The van der Waals surface area contributed by atoms with Gasteiger partial charge in [0.2, 0.25) is 0 Å². The Kier molecular flexibility index (Phi) is 6.37. The Morgan fingerprint density at radius 3 is 2.69 bits per heavy atom. The van der Waals surface area contributed by atoms with Crippen LogP contribution >= 0.6 is 23.1 Å². The number of aryl methyl sites for hydroxylation is 1. The summed E-state index contributed by atoms with van der Waals surface area (Å²) >= 11 is 2.77. The van der Waals surface area contributed by atoms with Crippen LogP contribution in [-0.4, -0.2) is 38.7 Å². The third kappa shape index (κ3) is 4.43.